The fourth-order valence-electron chi connectivity index (χ4n) is 3.30. The summed E-state index contributed by atoms with van der Waals surface area (Å²) in [6, 6.07) is 14.0. The van der Waals surface area contributed by atoms with Crippen LogP contribution in [0.1, 0.15) is 52.7 Å². The lowest BCUT2D eigenvalue weighted by Crippen LogP contribution is -2.30. The number of carbonyl (C=O) groups excluding carboxylic acids is 3. The Morgan fingerprint density at radius 2 is 1.83 bits per heavy atom. The summed E-state index contributed by atoms with van der Waals surface area (Å²) in [6.45, 7) is 6.79. The number of nitrogens with one attached hydrogen (secondary N) is 1. The highest BCUT2D eigenvalue weighted by Gasteiger charge is 2.23. The van der Waals surface area contributed by atoms with Crippen LogP contribution in [0.3, 0.4) is 0 Å². The number of hydrogen-bond donors (Lipinski definition) is 1. The molecule has 2 aromatic carbocycles. The van der Waals surface area contributed by atoms with Crippen LogP contribution in [0.25, 0.3) is 10.9 Å². The number of aryl methyl sites for hydroxylation is 1. The second-order valence-electron chi connectivity index (χ2n) is 7.10. The Labute approximate surface area is 175 Å². The molecule has 6 heteroatoms. The van der Waals surface area contributed by atoms with Gasteiger partial charge in [0.25, 0.3) is 5.91 Å². The average Bonchev–Trinajstić information content (AvgIpc) is 2.73. The zero-order chi connectivity index (χ0) is 21.8. The van der Waals surface area contributed by atoms with E-state index in [2.05, 4.69) is 10.3 Å². The van der Waals surface area contributed by atoms with Crippen molar-refractivity contribution >= 4 is 34.3 Å². The van der Waals surface area contributed by atoms with Crippen molar-refractivity contribution in [2.75, 3.05) is 5.32 Å². The summed E-state index contributed by atoms with van der Waals surface area (Å²) >= 11 is 0. The number of pyridine rings is 1. The van der Waals surface area contributed by atoms with Crippen LogP contribution in [0.15, 0.2) is 48.5 Å². The first-order valence-electron chi connectivity index (χ1n) is 9.82. The first kappa shape index (κ1) is 21.2. The molecule has 0 radical (unpaired) electrons. The molecule has 0 spiro atoms. The largest absolute Gasteiger partial charge is 0.449 e. The minimum absolute atomic E-state index is 0.0997. The zero-order valence-electron chi connectivity index (χ0n) is 17.5. The first-order chi connectivity index (χ1) is 14.3. The van der Waals surface area contributed by atoms with E-state index in [1.807, 2.05) is 38.1 Å². The molecule has 0 unspecified atom stereocenters. The number of nitrogens with zero attached hydrogens (tertiary/aromatic N) is 1. The summed E-state index contributed by atoms with van der Waals surface area (Å²) < 4.78 is 5.49. The van der Waals surface area contributed by atoms with Crippen LogP contribution in [0, 0.1) is 6.92 Å². The van der Waals surface area contributed by atoms with E-state index in [9.17, 15) is 14.4 Å². The summed E-state index contributed by atoms with van der Waals surface area (Å²) in [5.74, 6) is -1.14. The lowest BCUT2D eigenvalue weighted by Gasteiger charge is -2.17. The van der Waals surface area contributed by atoms with Crippen LogP contribution in [0.5, 0.6) is 0 Å². The third-order valence-corrected chi connectivity index (χ3v) is 4.97. The number of ether oxygens (including phenoxy) is 1. The van der Waals surface area contributed by atoms with E-state index in [0.717, 1.165) is 11.3 Å². The van der Waals surface area contributed by atoms with E-state index in [4.69, 9.17) is 4.74 Å². The maximum absolute atomic E-state index is 13.0. The Bertz CT molecular complexity index is 1140. The molecule has 0 aliphatic heterocycles. The van der Waals surface area contributed by atoms with E-state index in [-0.39, 0.29) is 5.78 Å². The molecular formula is C24H24N2O4. The van der Waals surface area contributed by atoms with Gasteiger partial charge in [-0.3, -0.25) is 14.6 Å². The molecule has 3 aromatic rings. The number of esters is 1. The molecule has 0 aliphatic carbocycles. The van der Waals surface area contributed by atoms with Gasteiger partial charge in [0.1, 0.15) is 0 Å². The van der Waals surface area contributed by atoms with Crippen molar-refractivity contribution in [3.63, 3.8) is 0 Å². The standard InChI is InChI=1S/C24H24N2O4/c1-5-20-14(2)22(19-11-6-7-12-21(19)26-20)24(29)30-16(4)23(28)25-18-10-8-9-17(13-18)15(3)27/h6-13,16H,5H2,1-4H3,(H,25,28)/t16-/m1/s1. The molecule has 0 aliphatic rings. The summed E-state index contributed by atoms with van der Waals surface area (Å²) in [6.07, 6.45) is -0.339. The lowest BCUT2D eigenvalue weighted by molar-refractivity contribution is -0.123. The van der Waals surface area contributed by atoms with Gasteiger partial charge in [-0.05, 0) is 51.0 Å². The monoisotopic (exact) mass is 404 g/mol. The Kier molecular flexibility index (Phi) is 6.26. The third-order valence-electron chi connectivity index (χ3n) is 4.97. The number of fused-ring (bicyclic) bond motifs is 1. The molecule has 1 atom stereocenters. The van der Waals surface area contributed by atoms with Crippen LogP contribution >= 0.6 is 0 Å². The quantitative estimate of drug-likeness (QED) is 0.483. The van der Waals surface area contributed by atoms with Crippen molar-refractivity contribution in [3.05, 3.63) is 70.9 Å². The molecular weight excluding hydrogens is 380 g/mol. The predicted octanol–water partition coefficient (Wildman–Crippen LogP) is 4.49. The number of ketones is 1. The summed E-state index contributed by atoms with van der Waals surface area (Å²) in [5.41, 5.74) is 3.67. The normalized spacial score (nSPS) is 11.7. The van der Waals surface area contributed by atoms with Gasteiger partial charge < -0.3 is 10.1 Å². The number of hydrogen-bond acceptors (Lipinski definition) is 5. The van der Waals surface area contributed by atoms with Crippen LogP contribution in [0.2, 0.25) is 0 Å². The highest BCUT2D eigenvalue weighted by Crippen LogP contribution is 2.25. The molecule has 1 amide bonds. The molecule has 0 saturated heterocycles. The SMILES string of the molecule is CCc1nc2ccccc2c(C(=O)O[C@H](C)C(=O)Nc2cccc(C(C)=O)c2)c1C. The molecule has 3 rings (SSSR count). The average molecular weight is 404 g/mol. The van der Waals surface area contributed by atoms with E-state index < -0.39 is 18.0 Å². The van der Waals surface area contributed by atoms with Crippen LogP contribution in [-0.4, -0.2) is 28.7 Å². The predicted molar refractivity (Wildman–Crippen MR) is 116 cm³/mol. The minimum atomic E-state index is -1.02. The van der Waals surface area contributed by atoms with Crippen LogP contribution < -0.4 is 5.32 Å². The number of Topliss-reactive ketones (excluding diaryl/α,β-unsaturated/α-hetero) is 1. The number of benzene rings is 2. The summed E-state index contributed by atoms with van der Waals surface area (Å²) in [5, 5.41) is 3.38. The molecule has 0 fully saturated rings. The number of amides is 1. The van der Waals surface area contributed by atoms with Crippen molar-refractivity contribution < 1.29 is 19.1 Å². The lowest BCUT2D eigenvalue weighted by atomic mass is 10.0. The summed E-state index contributed by atoms with van der Waals surface area (Å²) in [4.78, 5) is 41.7. The molecule has 0 saturated carbocycles. The maximum Gasteiger partial charge on any atom is 0.339 e. The topological polar surface area (TPSA) is 85.4 Å². The Balaban J connectivity index is 1.82. The molecule has 1 aromatic heterocycles. The van der Waals surface area contributed by atoms with Crippen molar-refractivity contribution in [3.8, 4) is 0 Å². The highest BCUT2D eigenvalue weighted by molar-refractivity contribution is 6.06. The van der Waals surface area contributed by atoms with E-state index >= 15 is 0 Å². The van der Waals surface area contributed by atoms with Gasteiger partial charge >= 0.3 is 5.97 Å². The van der Waals surface area contributed by atoms with Gasteiger partial charge in [0, 0.05) is 22.3 Å². The number of anilines is 1. The van der Waals surface area contributed by atoms with Gasteiger partial charge in [-0.2, -0.15) is 0 Å². The van der Waals surface area contributed by atoms with Gasteiger partial charge in [-0.1, -0.05) is 37.3 Å². The van der Waals surface area contributed by atoms with Gasteiger partial charge in [-0.25, -0.2) is 4.79 Å². The third kappa shape index (κ3) is 4.38. The number of aromatic nitrogens is 1. The van der Waals surface area contributed by atoms with E-state index in [1.165, 1.54) is 13.8 Å². The maximum atomic E-state index is 13.0. The molecule has 1 heterocycles. The van der Waals surface area contributed by atoms with Crippen LogP contribution in [-0.2, 0) is 16.0 Å². The van der Waals surface area contributed by atoms with Gasteiger partial charge in [0.05, 0.1) is 11.1 Å². The molecule has 154 valence electrons. The second-order valence-corrected chi connectivity index (χ2v) is 7.10. The highest BCUT2D eigenvalue weighted by atomic mass is 16.5. The van der Waals surface area contributed by atoms with Crippen LogP contribution in [0.4, 0.5) is 5.69 Å². The fraction of sp³-hybridized carbons (Fsp3) is 0.250. The zero-order valence-corrected chi connectivity index (χ0v) is 17.5. The van der Waals surface area contributed by atoms with Crippen molar-refractivity contribution in [1.82, 2.24) is 4.98 Å². The summed E-state index contributed by atoms with van der Waals surface area (Å²) in [7, 11) is 0. The van der Waals surface area contributed by atoms with Crippen molar-refractivity contribution in [2.24, 2.45) is 0 Å². The van der Waals surface area contributed by atoms with Gasteiger partial charge in [0.15, 0.2) is 11.9 Å². The Morgan fingerprint density at radius 1 is 1.10 bits per heavy atom. The number of carbonyl (C=O) groups is 3. The molecule has 30 heavy (non-hydrogen) atoms. The van der Waals surface area contributed by atoms with Crippen molar-refractivity contribution in [1.29, 1.82) is 0 Å². The Hall–Kier alpha value is -3.54. The van der Waals surface area contributed by atoms with E-state index in [1.54, 1.807) is 24.3 Å². The molecule has 0 bridgehead atoms. The van der Waals surface area contributed by atoms with Gasteiger partial charge in [-0.15, -0.1) is 0 Å². The van der Waals surface area contributed by atoms with Crippen molar-refractivity contribution in [2.45, 2.75) is 40.2 Å². The smallest absolute Gasteiger partial charge is 0.339 e. The molecule has 6 nitrogen and oxygen atoms in total. The minimum Gasteiger partial charge on any atom is -0.449 e. The fourth-order valence-corrected chi connectivity index (χ4v) is 3.30. The van der Waals surface area contributed by atoms with Gasteiger partial charge in [0.2, 0.25) is 0 Å². The number of para-hydroxylation sites is 1. The number of rotatable bonds is 6. The first-order valence-corrected chi connectivity index (χ1v) is 9.82. The molecule has 1 N–H and O–H groups in total. The van der Waals surface area contributed by atoms with E-state index in [0.29, 0.717) is 34.1 Å². The Morgan fingerprint density at radius 3 is 2.53 bits per heavy atom. The second kappa shape index (κ2) is 8.86.